The number of nitrogens with zero attached hydrogens (tertiary/aromatic N) is 2. The van der Waals surface area contributed by atoms with Gasteiger partial charge >= 0.3 is 0 Å². The Hall–Kier alpha value is -0.990. The number of aromatic nitrogens is 2. The standard InChI is InChI=1S/C17H31N3/c1-6-7-9-20-10-8-18-15(20)19-14-11-16(2,3)13-17(4,5)12-14/h8,10,14H,6-7,9,11-13H2,1-5H3,(H,18,19). The number of unbranched alkanes of at least 4 members (excludes halogenated alkanes) is 1. The van der Waals surface area contributed by atoms with E-state index in [0.717, 1.165) is 12.5 Å². The van der Waals surface area contributed by atoms with Crippen molar-refractivity contribution in [3.05, 3.63) is 12.4 Å². The van der Waals surface area contributed by atoms with Gasteiger partial charge in [0.25, 0.3) is 0 Å². The second-order valence-corrected chi connectivity index (χ2v) is 8.05. The second kappa shape index (κ2) is 5.79. The molecule has 0 amide bonds. The predicted octanol–water partition coefficient (Wildman–Crippen LogP) is 4.70. The number of hydrogen-bond acceptors (Lipinski definition) is 2. The molecule has 0 aliphatic heterocycles. The van der Waals surface area contributed by atoms with E-state index in [9.17, 15) is 0 Å². The van der Waals surface area contributed by atoms with Crippen LogP contribution < -0.4 is 5.32 Å². The SMILES string of the molecule is CCCCn1ccnc1NC1CC(C)(C)CC(C)(C)C1. The van der Waals surface area contributed by atoms with Crippen molar-refractivity contribution in [2.75, 3.05) is 5.32 Å². The molecule has 20 heavy (non-hydrogen) atoms. The molecule has 1 aliphatic carbocycles. The number of imidazole rings is 1. The van der Waals surface area contributed by atoms with Crippen molar-refractivity contribution in [1.82, 2.24) is 9.55 Å². The lowest BCUT2D eigenvalue weighted by Crippen LogP contribution is -2.40. The molecule has 0 spiro atoms. The summed E-state index contributed by atoms with van der Waals surface area (Å²) in [5.74, 6) is 1.05. The van der Waals surface area contributed by atoms with Crippen LogP contribution in [0.5, 0.6) is 0 Å². The summed E-state index contributed by atoms with van der Waals surface area (Å²) in [4.78, 5) is 4.51. The highest BCUT2D eigenvalue weighted by atomic mass is 15.2. The average molecular weight is 277 g/mol. The van der Waals surface area contributed by atoms with Crippen molar-refractivity contribution < 1.29 is 0 Å². The van der Waals surface area contributed by atoms with Crippen LogP contribution in [-0.2, 0) is 6.54 Å². The van der Waals surface area contributed by atoms with Crippen LogP contribution in [0.25, 0.3) is 0 Å². The van der Waals surface area contributed by atoms with Gasteiger partial charge in [-0.3, -0.25) is 0 Å². The maximum Gasteiger partial charge on any atom is 0.202 e. The van der Waals surface area contributed by atoms with Gasteiger partial charge in [0.15, 0.2) is 0 Å². The zero-order chi connectivity index (χ0) is 14.8. The molecule has 1 saturated carbocycles. The first-order valence-corrected chi connectivity index (χ1v) is 8.09. The van der Waals surface area contributed by atoms with E-state index in [0.29, 0.717) is 16.9 Å². The molecule has 1 heterocycles. The van der Waals surface area contributed by atoms with Crippen LogP contribution in [-0.4, -0.2) is 15.6 Å². The van der Waals surface area contributed by atoms with Crippen LogP contribution in [0.2, 0.25) is 0 Å². The normalized spacial score (nSPS) is 21.9. The molecular weight excluding hydrogens is 246 g/mol. The number of aryl methyl sites for hydroxylation is 1. The molecule has 0 saturated heterocycles. The molecule has 2 rings (SSSR count). The quantitative estimate of drug-likeness (QED) is 0.845. The van der Waals surface area contributed by atoms with Crippen LogP contribution in [0.15, 0.2) is 12.4 Å². The molecule has 1 aromatic rings. The topological polar surface area (TPSA) is 29.9 Å². The fraction of sp³-hybridized carbons (Fsp3) is 0.824. The van der Waals surface area contributed by atoms with Crippen molar-refractivity contribution in [1.29, 1.82) is 0 Å². The van der Waals surface area contributed by atoms with Crippen LogP contribution in [0.1, 0.15) is 66.7 Å². The van der Waals surface area contributed by atoms with E-state index in [1.807, 2.05) is 6.20 Å². The zero-order valence-corrected chi connectivity index (χ0v) is 13.9. The lowest BCUT2D eigenvalue weighted by molar-refractivity contribution is 0.105. The van der Waals surface area contributed by atoms with Crippen molar-refractivity contribution in [3.63, 3.8) is 0 Å². The van der Waals surface area contributed by atoms with Gasteiger partial charge in [-0.2, -0.15) is 0 Å². The molecule has 114 valence electrons. The number of anilines is 1. The lowest BCUT2D eigenvalue weighted by atomic mass is 9.63. The van der Waals surface area contributed by atoms with E-state index in [4.69, 9.17) is 0 Å². The van der Waals surface area contributed by atoms with Gasteiger partial charge in [0.2, 0.25) is 5.95 Å². The van der Waals surface area contributed by atoms with Crippen LogP contribution in [0, 0.1) is 10.8 Å². The summed E-state index contributed by atoms with van der Waals surface area (Å²) in [7, 11) is 0. The molecule has 1 N–H and O–H groups in total. The van der Waals surface area contributed by atoms with Crippen molar-refractivity contribution in [3.8, 4) is 0 Å². The van der Waals surface area contributed by atoms with E-state index in [1.54, 1.807) is 0 Å². The van der Waals surface area contributed by atoms with Crippen LogP contribution >= 0.6 is 0 Å². The lowest BCUT2D eigenvalue weighted by Gasteiger charge is -2.45. The Labute approximate surface area is 124 Å². The van der Waals surface area contributed by atoms with Gasteiger partial charge in [0.1, 0.15) is 0 Å². The van der Waals surface area contributed by atoms with Gasteiger partial charge in [-0.25, -0.2) is 4.98 Å². The molecule has 0 unspecified atom stereocenters. The molecule has 0 atom stereocenters. The van der Waals surface area contributed by atoms with Crippen molar-refractivity contribution >= 4 is 5.95 Å². The summed E-state index contributed by atoms with van der Waals surface area (Å²) < 4.78 is 2.26. The minimum Gasteiger partial charge on any atom is -0.353 e. The second-order valence-electron chi connectivity index (χ2n) is 8.05. The summed E-state index contributed by atoms with van der Waals surface area (Å²) in [6.07, 6.45) is 10.2. The Morgan fingerprint density at radius 3 is 2.50 bits per heavy atom. The van der Waals surface area contributed by atoms with Gasteiger partial charge in [-0.1, -0.05) is 41.0 Å². The first-order chi connectivity index (χ1) is 9.31. The molecule has 1 fully saturated rings. The first-order valence-electron chi connectivity index (χ1n) is 8.09. The number of hydrogen-bond donors (Lipinski definition) is 1. The minimum atomic E-state index is 0.417. The van der Waals surface area contributed by atoms with E-state index in [-0.39, 0.29) is 0 Å². The third-order valence-corrected chi connectivity index (χ3v) is 4.36. The molecule has 1 aliphatic rings. The summed E-state index contributed by atoms with van der Waals surface area (Å²) in [5.41, 5.74) is 0.834. The van der Waals surface area contributed by atoms with E-state index in [2.05, 4.69) is 55.7 Å². The minimum absolute atomic E-state index is 0.417. The molecule has 0 bridgehead atoms. The third-order valence-electron chi connectivity index (χ3n) is 4.36. The molecule has 0 aromatic carbocycles. The Kier molecular flexibility index (Phi) is 4.46. The Morgan fingerprint density at radius 2 is 1.90 bits per heavy atom. The fourth-order valence-corrected chi connectivity index (χ4v) is 4.09. The molecule has 3 heteroatoms. The zero-order valence-electron chi connectivity index (χ0n) is 13.9. The number of rotatable bonds is 5. The van der Waals surface area contributed by atoms with Crippen molar-refractivity contribution in [2.45, 2.75) is 79.3 Å². The van der Waals surface area contributed by atoms with Crippen molar-refractivity contribution in [2.24, 2.45) is 10.8 Å². The van der Waals surface area contributed by atoms with Gasteiger partial charge in [0.05, 0.1) is 0 Å². The smallest absolute Gasteiger partial charge is 0.202 e. The number of nitrogens with one attached hydrogen (secondary N) is 1. The Balaban J connectivity index is 2.04. The summed E-state index contributed by atoms with van der Waals surface area (Å²) in [6.45, 7) is 12.9. The highest BCUT2D eigenvalue weighted by molar-refractivity contribution is 5.28. The van der Waals surface area contributed by atoms with E-state index >= 15 is 0 Å². The maximum absolute atomic E-state index is 4.51. The average Bonchev–Trinajstić information content (AvgIpc) is 2.69. The van der Waals surface area contributed by atoms with E-state index < -0.39 is 0 Å². The van der Waals surface area contributed by atoms with Gasteiger partial charge < -0.3 is 9.88 Å². The molecule has 3 nitrogen and oxygen atoms in total. The molecule has 1 aromatic heterocycles. The Morgan fingerprint density at radius 1 is 1.25 bits per heavy atom. The van der Waals surface area contributed by atoms with Crippen LogP contribution in [0.3, 0.4) is 0 Å². The van der Waals surface area contributed by atoms with E-state index in [1.165, 1.54) is 32.1 Å². The molecule has 0 radical (unpaired) electrons. The summed E-state index contributed by atoms with van der Waals surface area (Å²) >= 11 is 0. The fourth-order valence-electron chi connectivity index (χ4n) is 4.09. The monoisotopic (exact) mass is 277 g/mol. The van der Waals surface area contributed by atoms with Crippen LogP contribution in [0.4, 0.5) is 5.95 Å². The maximum atomic E-state index is 4.51. The molecular formula is C17H31N3. The largest absolute Gasteiger partial charge is 0.353 e. The van der Waals surface area contributed by atoms with Gasteiger partial charge in [-0.05, 0) is 36.5 Å². The third kappa shape index (κ3) is 4.00. The Bertz CT molecular complexity index is 415. The van der Waals surface area contributed by atoms with Gasteiger partial charge in [-0.15, -0.1) is 0 Å². The summed E-state index contributed by atoms with van der Waals surface area (Å²) in [5, 5.41) is 3.70. The highest BCUT2D eigenvalue weighted by Crippen LogP contribution is 2.46. The van der Waals surface area contributed by atoms with Gasteiger partial charge in [0, 0.05) is 25.0 Å². The highest BCUT2D eigenvalue weighted by Gasteiger charge is 2.38. The first kappa shape index (κ1) is 15.4. The predicted molar refractivity (Wildman–Crippen MR) is 86.0 cm³/mol. The summed E-state index contributed by atoms with van der Waals surface area (Å²) in [6, 6.07) is 0.538.